The Morgan fingerprint density at radius 2 is 1.67 bits per heavy atom. The minimum Gasteiger partial charge on any atom is -0.351 e. The molecule has 0 unspecified atom stereocenters. The lowest BCUT2D eigenvalue weighted by Crippen LogP contribution is -2.29. The van der Waals surface area contributed by atoms with E-state index in [2.05, 4.69) is 5.32 Å². The molecule has 0 radical (unpaired) electrons. The lowest BCUT2D eigenvalue weighted by molar-refractivity contribution is -0.137. The van der Waals surface area contributed by atoms with Crippen LogP contribution >= 0.6 is 0 Å². The van der Waals surface area contributed by atoms with Crippen molar-refractivity contribution < 1.29 is 18.0 Å². The molecule has 0 saturated heterocycles. The second-order valence-corrected chi connectivity index (χ2v) is 4.51. The van der Waals surface area contributed by atoms with Crippen LogP contribution in [0.3, 0.4) is 0 Å². The molecule has 0 spiro atoms. The number of carbonyl (C=O) groups excluding carboxylic acids is 1. The van der Waals surface area contributed by atoms with Crippen molar-refractivity contribution in [1.82, 2.24) is 0 Å². The van der Waals surface area contributed by atoms with Crippen LogP contribution < -0.4 is 16.8 Å². The number of anilines is 1. The first kappa shape index (κ1) is 14.3. The van der Waals surface area contributed by atoms with E-state index in [4.69, 9.17) is 11.5 Å². The summed E-state index contributed by atoms with van der Waals surface area (Å²) in [5, 5.41) is 2.11. The number of halogens is 3. The summed E-state index contributed by atoms with van der Waals surface area (Å²) >= 11 is 0. The lowest BCUT2D eigenvalue weighted by Gasteiger charge is -2.22. The highest BCUT2D eigenvalue weighted by Gasteiger charge is 2.32. The fourth-order valence-corrected chi connectivity index (χ4v) is 1.38. The standard InChI is InChI=1S/C11H14F3N3O/c1-10(2,16)6-3-7(11(12,13)14)5-8(4-6)17-9(15)18/h3-5H,16H2,1-2H3,(H3,15,17,18). The molecule has 100 valence electrons. The predicted octanol–water partition coefficient (Wildman–Crippen LogP) is 2.39. The topological polar surface area (TPSA) is 81.1 Å². The molecule has 0 aliphatic rings. The fourth-order valence-electron chi connectivity index (χ4n) is 1.38. The Bertz CT molecular complexity index is 431. The number of nitrogens with one attached hydrogen (secondary N) is 1. The van der Waals surface area contributed by atoms with Crippen molar-refractivity contribution >= 4 is 11.7 Å². The second-order valence-electron chi connectivity index (χ2n) is 4.51. The minimum atomic E-state index is -4.52. The van der Waals surface area contributed by atoms with Crippen molar-refractivity contribution in [2.75, 3.05) is 5.32 Å². The number of rotatable bonds is 2. The van der Waals surface area contributed by atoms with E-state index in [-0.39, 0.29) is 11.3 Å². The molecule has 1 aromatic carbocycles. The molecule has 0 saturated carbocycles. The Morgan fingerprint density at radius 1 is 1.17 bits per heavy atom. The van der Waals surface area contributed by atoms with Gasteiger partial charge in [0, 0.05) is 11.2 Å². The van der Waals surface area contributed by atoms with Gasteiger partial charge >= 0.3 is 12.2 Å². The zero-order valence-corrected chi connectivity index (χ0v) is 9.93. The summed E-state index contributed by atoms with van der Waals surface area (Å²) in [6, 6.07) is 2.18. The van der Waals surface area contributed by atoms with Crippen LogP contribution in [0.25, 0.3) is 0 Å². The first-order valence-corrected chi connectivity index (χ1v) is 5.08. The van der Waals surface area contributed by atoms with Gasteiger partial charge in [-0.05, 0) is 37.6 Å². The van der Waals surface area contributed by atoms with Gasteiger partial charge in [-0.15, -0.1) is 0 Å². The zero-order chi connectivity index (χ0) is 14.1. The molecule has 0 fully saturated rings. The van der Waals surface area contributed by atoms with E-state index in [9.17, 15) is 18.0 Å². The SMILES string of the molecule is CC(C)(N)c1cc(NC(N)=O)cc(C(F)(F)F)c1. The van der Waals surface area contributed by atoms with Gasteiger partial charge in [-0.25, -0.2) is 4.79 Å². The molecule has 0 aliphatic carbocycles. The molecular formula is C11H14F3N3O. The van der Waals surface area contributed by atoms with Crippen molar-refractivity contribution in [3.8, 4) is 0 Å². The monoisotopic (exact) mass is 261 g/mol. The quantitative estimate of drug-likeness (QED) is 0.764. The van der Waals surface area contributed by atoms with Gasteiger partial charge in [0.05, 0.1) is 5.56 Å². The zero-order valence-electron chi connectivity index (χ0n) is 9.93. The van der Waals surface area contributed by atoms with Gasteiger partial charge in [-0.1, -0.05) is 0 Å². The predicted molar refractivity (Wildman–Crippen MR) is 61.9 cm³/mol. The number of hydrogen-bond acceptors (Lipinski definition) is 2. The third-order valence-electron chi connectivity index (χ3n) is 2.27. The number of alkyl halides is 3. The summed E-state index contributed by atoms with van der Waals surface area (Å²) in [7, 11) is 0. The summed E-state index contributed by atoms with van der Waals surface area (Å²) in [5.74, 6) is 0. The van der Waals surface area contributed by atoms with Crippen molar-refractivity contribution in [2.45, 2.75) is 25.6 Å². The Hall–Kier alpha value is -1.76. The van der Waals surface area contributed by atoms with Crippen LogP contribution in [0.2, 0.25) is 0 Å². The largest absolute Gasteiger partial charge is 0.416 e. The van der Waals surface area contributed by atoms with Gasteiger partial charge in [0.15, 0.2) is 0 Å². The highest BCUT2D eigenvalue weighted by Crippen LogP contribution is 2.34. The average molecular weight is 261 g/mol. The third kappa shape index (κ3) is 3.63. The van der Waals surface area contributed by atoms with Gasteiger partial charge in [-0.2, -0.15) is 13.2 Å². The molecule has 1 aromatic rings. The van der Waals surface area contributed by atoms with Crippen LogP contribution in [0.1, 0.15) is 25.0 Å². The van der Waals surface area contributed by atoms with E-state index in [0.717, 1.165) is 12.1 Å². The number of nitrogens with two attached hydrogens (primary N) is 2. The molecule has 18 heavy (non-hydrogen) atoms. The maximum Gasteiger partial charge on any atom is 0.416 e. The number of carbonyl (C=O) groups is 1. The summed E-state index contributed by atoms with van der Waals surface area (Å²) in [4.78, 5) is 10.7. The Kier molecular flexibility index (Phi) is 3.57. The summed E-state index contributed by atoms with van der Waals surface area (Å²) in [6.07, 6.45) is -4.52. The Morgan fingerprint density at radius 3 is 2.06 bits per heavy atom. The molecule has 5 N–H and O–H groups in total. The van der Waals surface area contributed by atoms with E-state index < -0.39 is 23.3 Å². The van der Waals surface area contributed by atoms with Crippen molar-refractivity contribution in [2.24, 2.45) is 11.5 Å². The number of hydrogen-bond donors (Lipinski definition) is 3. The molecule has 2 amide bonds. The highest BCUT2D eigenvalue weighted by atomic mass is 19.4. The smallest absolute Gasteiger partial charge is 0.351 e. The van der Waals surface area contributed by atoms with E-state index in [0.29, 0.717) is 0 Å². The first-order valence-electron chi connectivity index (χ1n) is 5.08. The molecule has 0 heterocycles. The minimum absolute atomic E-state index is 0.0362. The van der Waals surface area contributed by atoms with Gasteiger partial charge in [-0.3, -0.25) is 0 Å². The lowest BCUT2D eigenvalue weighted by atomic mass is 9.93. The first-order chi connectivity index (χ1) is 8.00. The van der Waals surface area contributed by atoms with E-state index in [1.54, 1.807) is 13.8 Å². The second kappa shape index (κ2) is 4.49. The Labute approximate surface area is 102 Å². The van der Waals surface area contributed by atoms with Crippen LogP contribution in [0.15, 0.2) is 18.2 Å². The molecule has 1 rings (SSSR count). The maximum absolute atomic E-state index is 12.7. The van der Waals surface area contributed by atoms with E-state index in [1.807, 2.05) is 0 Å². The molecule has 0 aliphatic heterocycles. The number of primary amides is 1. The summed E-state index contributed by atoms with van der Waals surface area (Å²) in [6.45, 7) is 3.13. The fraction of sp³-hybridized carbons (Fsp3) is 0.364. The van der Waals surface area contributed by atoms with Gasteiger partial charge < -0.3 is 16.8 Å². The summed E-state index contributed by atoms with van der Waals surface area (Å²) in [5.41, 5.74) is 9.00. The third-order valence-corrected chi connectivity index (χ3v) is 2.27. The van der Waals surface area contributed by atoms with Crippen LogP contribution in [0, 0.1) is 0 Å². The molecule has 4 nitrogen and oxygen atoms in total. The number of amides is 2. The molecule has 0 bridgehead atoms. The molecular weight excluding hydrogens is 247 g/mol. The number of urea groups is 1. The number of benzene rings is 1. The Balaban J connectivity index is 3.34. The normalized spacial score (nSPS) is 12.3. The van der Waals surface area contributed by atoms with Crippen molar-refractivity contribution in [3.05, 3.63) is 29.3 Å². The van der Waals surface area contributed by atoms with Gasteiger partial charge in [0.25, 0.3) is 0 Å². The maximum atomic E-state index is 12.7. The van der Waals surface area contributed by atoms with E-state index >= 15 is 0 Å². The van der Waals surface area contributed by atoms with Gasteiger partial charge in [0.1, 0.15) is 0 Å². The molecule has 0 atom stereocenters. The van der Waals surface area contributed by atoms with Gasteiger partial charge in [0.2, 0.25) is 0 Å². The van der Waals surface area contributed by atoms with Crippen LogP contribution in [0.5, 0.6) is 0 Å². The van der Waals surface area contributed by atoms with E-state index in [1.165, 1.54) is 6.07 Å². The molecule has 7 heteroatoms. The summed E-state index contributed by atoms with van der Waals surface area (Å²) < 4.78 is 38.1. The van der Waals surface area contributed by atoms with Crippen molar-refractivity contribution in [3.63, 3.8) is 0 Å². The van der Waals surface area contributed by atoms with Crippen molar-refractivity contribution in [1.29, 1.82) is 0 Å². The van der Waals surface area contributed by atoms with Crippen LogP contribution in [0.4, 0.5) is 23.7 Å². The van der Waals surface area contributed by atoms with Crippen LogP contribution in [-0.4, -0.2) is 6.03 Å². The highest BCUT2D eigenvalue weighted by molar-refractivity contribution is 5.88. The van der Waals surface area contributed by atoms with Crippen LogP contribution in [-0.2, 0) is 11.7 Å². The molecule has 0 aromatic heterocycles. The average Bonchev–Trinajstić information content (AvgIpc) is 2.13.